The molecule has 1 heteroatoms. The molecule has 0 aromatic heterocycles. The molecule has 1 nitrogen and oxygen atoms in total. The summed E-state index contributed by atoms with van der Waals surface area (Å²) in [6.07, 6.45) is 2.76. The molecule has 0 saturated heterocycles. The molecule has 1 rings (SSSR count). The van der Waals surface area contributed by atoms with Crippen LogP contribution in [0.25, 0.3) is 0 Å². The third-order valence-corrected chi connectivity index (χ3v) is 1.82. The van der Waals surface area contributed by atoms with E-state index in [1.165, 1.54) is 12.8 Å². The van der Waals surface area contributed by atoms with E-state index in [-0.39, 0.29) is 0 Å². The van der Waals surface area contributed by atoms with Crippen molar-refractivity contribution in [2.75, 3.05) is 7.05 Å². The molecule has 2 atom stereocenters. The molecule has 0 aliphatic heterocycles. The van der Waals surface area contributed by atoms with Gasteiger partial charge in [-0.25, -0.2) is 0 Å². The molecule has 1 aliphatic carbocycles. The molecule has 1 saturated carbocycles. The summed E-state index contributed by atoms with van der Waals surface area (Å²) in [7, 11) is 2.04. The monoisotopic (exact) mass is 99.1 g/mol. The molecule has 0 spiro atoms. The fourth-order valence-corrected chi connectivity index (χ4v) is 1.05. The smallest absolute Gasteiger partial charge is 0.00960 e. The number of rotatable bonds is 2. The van der Waals surface area contributed by atoms with Crippen LogP contribution in [0.4, 0.5) is 0 Å². The van der Waals surface area contributed by atoms with Gasteiger partial charge in [-0.3, -0.25) is 0 Å². The number of hydrogen-bond donors (Lipinski definition) is 1. The molecule has 42 valence electrons. The Labute approximate surface area is 45.1 Å². The highest BCUT2D eigenvalue weighted by Crippen LogP contribution is 2.32. The Hall–Kier alpha value is -0.0400. The minimum atomic E-state index is 0.866. The van der Waals surface area contributed by atoms with E-state index in [0.29, 0.717) is 0 Å². The lowest BCUT2D eigenvalue weighted by Crippen LogP contribution is -2.10. The van der Waals surface area contributed by atoms with Crippen molar-refractivity contribution in [3.8, 4) is 0 Å². The van der Waals surface area contributed by atoms with E-state index >= 15 is 0 Å². The van der Waals surface area contributed by atoms with Gasteiger partial charge in [0.2, 0.25) is 0 Å². The summed E-state index contributed by atoms with van der Waals surface area (Å²) in [5.41, 5.74) is 0. The largest absolute Gasteiger partial charge is 0.317 e. The maximum absolute atomic E-state index is 3.24. The predicted molar refractivity (Wildman–Crippen MR) is 31.2 cm³/mol. The molecule has 1 fully saturated rings. The van der Waals surface area contributed by atoms with Gasteiger partial charge < -0.3 is 5.32 Å². The van der Waals surface area contributed by atoms with Gasteiger partial charge in [0.15, 0.2) is 0 Å². The molecular weight excluding hydrogens is 86.1 g/mol. The van der Waals surface area contributed by atoms with Gasteiger partial charge in [-0.05, 0) is 19.4 Å². The normalized spacial score (nSPS) is 38.6. The van der Waals surface area contributed by atoms with E-state index in [1.807, 2.05) is 7.05 Å². The summed E-state index contributed by atoms with van der Waals surface area (Å²) < 4.78 is 0. The zero-order valence-corrected chi connectivity index (χ0v) is 5.07. The van der Waals surface area contributed by atoms with Gasteiger partial charge in [0, 0.05) is 6.04 Å². The van der Waals surface area contributed by atoms with Crippen LogP contribution < -0.4 is 5.32 Å². The zero-order chi connectivity index (χ0) is 5.28. The van der Waals surface area contributed by atoms with Crippen LogP contribution in [0.3, 0.4) is 0 Å². The SMILES string of the molecule is CCC1CC1NC. The Morgan fingerprint density at radius 2 is 2.43 bits per heavy atom. The van der Waals surface area contributed by atoms with Crippen LogP contribution >= 0.6 is 0 Å². The van der Waals surface area contributed by atoms with Crippen molar-refractivity contribution in [3.63, 3.8) is 0 Å². The van der Waals surface area contributed by atoms with Crippen molar-refractivity contribution in [1.29, 1.82) is 0 Å². The second-order valence-corrected chi connectivity index (χ2v) is 2.30. The van der Waals surface area contributed by atoms with E-state index in [1.54, 1.807) is 0 Å². The number of nitrogens with one attached hydrogen (secondary N) is 1. The van der Waals surface area contributed by atoms with E-state index in [0.717, 1.165) is 12.0 Å². The number of hydrogen-bond acceptors (Lipinski definition) is 1. The van der Waals surface area contributed by atoms with Gasteiger partial charge in [0.05, 0.1) is 0 Å². The molecular formula is C6H13N. The molecule has 0 aromatic carbocycles. The molecule has 7 heavy (non-hydrogen) atoms. The zero-order valence-electron chi connectivity index (χ0n) is 5.07. The minimum absolute atomic E-state index is 0.866. The lowest BCUT2D eigenvalue weighted by atomic mass is 10.3. The molecule has 0 radical (unpaired) electrons. The van der Waals surface area contributed by atoms with Crippen LogP contribution in [0.5, 0.6) is 0 Å². The van der Waals surface area contributed by atoms with Gasteiger partial charge in [-0.15, -0.1) is 0 Å². The lowest BCUT2D eigenvalue weighted by Gasteiger charge is -1.89. The predicted octanol–water partition coefficient (Wildman–Crippen LogP) is 1.00. The first-order valence-electron chi connectivity index (χ1n) is 3.05. The summed E-state index contributed by atoms with van der Waals surface area (Å²) in [6, 6.07) is 0.866. The highest BCUT2D eigenvalue weighted by Gasteiger charge is 2.33. The molecule has 0 amide bonds. The van der Waals surface area contributed by atoms with E-state index in [4.69, 9.17) is 0 Å². The summed E-state index contributed by atoms with van der Waals surface area (Å²) >= 11 is 0. The maximum atomic E-state index is 3.24. The third kappa shape index (κ3) is 0.942. The van der Waals surface area contributed by atoms with Crippen LogP contribution in [0.2, 0.25) is 0 Å². The standard InChI is InChI=1S/C6H13N/c1-3-5-4-6(5)7-2/h5-7H,3-4H2,1-2H3. The molecule has 1 N–H and O–H groups in total. The molecule has 0 aromatic rings. The van der Waals surface area contributed by atoms with E-state index in [9.17, 15) is 0 Å². The first-order chi connectivity index (χ1) is 3.38. The van der Waals surface area contributed by atoms with Crippen LogP contribution in [-0.4, -0.2) is 13.1 Å². The first-order valence-corrected chi connectivity index (χ1v) is 3.05. The topological polar surface area (TPSA) is 12.0 Å². The summed E-state index contributed by atoms with van der Waals surface area (Å²) in [5, 5.41) is 3.24. The van der Waals surface area contributed by atoms with Crippen molar-refractivity contribution in [1.82, 2.24) is 5.32 Å². The van der Waals surface area contributed by atoms with Crippen molar-refractivity contribution >= 4 is 0 Å². The Bertz CT molecular complexity index is 53.2. The minimum Gasteiger partial charge on any atom is -0.317 e. The van der Waals surface area contributed by atoms with Gasteiger partial charge in [-0.1, -0.05) is 13.3 Å². The van der Waals surface area contributed by atoms with Crippen LogP contribution in [-0.2, 0) is 0 Å². The molecule has 2 unspecified atom stereocenters. The molecule has 0 bridgehead atoms. The fourth-order valence-electron chi connectivity index (χ4n) is 1.05. The maximum Gasteiger partial charge on any atom is 0.00960 e. The van der Waals surface area contributed by atoms with Crippen LogP contribution in [0.1, 0.15) is 19.8 Å². The Balaban J connectivity index is 2.06. The highest BCUT2D eigenvalue weighted by molar-refractivity contribution is 4.90. The first kappa shape index (κ1) is 5.10. The van der Waals surface area contributed by atoms with Crippen molar-refractivity contribution in [2.45, 2.75) is 25.8 Å². The second kappa shape index (κ2) is 1.83. The van der Waals surface area contributed by atoms with Crippen molar-refractivity contribution in [3.05, 3.63) is 0 Å². The summed E-state index contributed by atoms with van der Waals surface area (Å²) in [6.45, 7) is 2.25. The van der Waals surface area contributed by atoms with Crippen LogP contribution in [0, 0.1) is 5.92 Å². The fraction of sp³-hybridized carbons (Fsp3) is 1.00. The third-order valence-electron chi connectivity index (χ3n) is 1.82. The average Bonchev–Trinajstić information content (AvgIpc) is 2.43. The molecule has 1 aliphatic rings. The van der Waals surface area contributed by atoms with Gasteiger partial charge in [0.1, 0.15) is 0 Å². The quantitative estimate of drug-likeness (QED) is 0.544. The highest BCUT2D eigenvalue weighted by atomic mass is 14.9. The van der Waals surface area contributed by atoms with Crippen molar-refractivity contribution < 1.29 is 0 Å². The lowest BCUT2D eigenvalue weighted by molar-refractivity contribution is 0.687. The van der Waals surface area contributed by atoms with Gasteiger partial charge in [0.25, 0.3) is 0 Å². The Morgan fingerprint density at radius 3 is 2.57 bits per heavy atom. The summed E-state index contributed by atoms with van der Waals surface area (Å²) in [4.78, 5) is 0. The Kier molecular flexibility index (Phi) is 1.33. The van der Waals surface area contributed by atoms with E-state index in [2.05, 4.69) is 12.2 Å². The van der Waals surface area contributed by atoms with Crippen molar-refractivity contribution in [2.24, 2.45) is 5.92 Å². The Morgan fingerprint density at radius 1 is 1.71 bits per heavy atom. The summed E-state index contributed by atoms with van der Waals surface area (Å²) in [5.74, 6) is 1.00. The van der Waals surface area contributed by atoms with Gasteiger partial charge >= 0.3 is 0 Å². The van der Waals surface area contributed by atoms with Crippen LogP contribution in [0.15, 0.2) is 0 Å². The second-order valence-electron chi connectivity index (χ2n) is 2.30. The van der Waals surface area contributed by atoms with Gasteiger partial charge in [-0.2, -0.15) is 0 Å². The molecule has 0 heterocycles. The average molecular weight is 99.2 g/mol. The van der Waals surface area contributed by atoms with E-state index < -0.39 is 0 Å².